The summed E-state index contributed by atoms with van der Waals surface area (Å²) in [6.07, 6.45) is 7.33. The van der Waals surface area contributed by atoms with Crippen LogP contribution in [0.3, 0.4) is 0 Å². The highest BCUT2D eigenvalue weighted by Gasteiger charge is 2.22. The van der Waals surface area contributed by atoms with Crippen LogP contribution in [0.5, 0.6) is 0 Å². The number of unbranched alkanes of at least 4 members (excludes halogenated alkanes) is 1. The fourth-order valence-electron chi connectivity index (χ4n) is 3.89. The summed E-state index contributed by atoms with van der Waals surface area (Å²) in [6.45, 7) is 4.17. The van der Waals surface area contributed by atoms with E-state index in [4.69, 9.17) is 16.3 Å². The van der Waals surface area contributed by atoms with Gasteiger partial charge >= 0.3 is 5.97 Å². The van der Waals surface area contributed by atoms with Gasteiger partial charge in [-0.05, 0) is 43.9 Å². The van der Waals surface area contributed by atoms with Crippen molar-refractivity contribution < 1.29 is 14.3 Å². The van der Waals surface area contributed by atoms with E-state index in [0.29, 0.717) is 39.3 Å². The number of ether oxygens (including phenoxy) is 1. The molecule has 2 aromatic heterocycles. The summed E-state index contributed by atoms with van der Waals surface area (Å²) in [5.74, 6) is 0.124. The Bertz CT molecular complexity index is 1180. The molecule has 1 aliphatic rings. The predicted molar refractivity (Wildman–Crippen MR) is 128 cm³/mol. The third kappa shape index (κ3) is 5.36. The third-order valence-corrected chi connectivity index (χ3v) is 6.26. The van der Waals surface area contributed by atoms with E-state index in [-0.39, 0.29) is 17.7 Å². The lowest BCUT2D eigenvalue weighted by molar-refractivity contribution is 0.0380. The van der Waals surface area contributed by atoms with Crippen LogP contribution in [0.4, 0.5) is 0 Å². The molecule has 1 aliphatic carbocycles. The number of amides is 1. The van der Waals surface area contributed by atoms with Gasteiger partial charge in [0.1, 0.15) is 10.8 Å². The molecular weight excluding hydrogens is 440 g/mol. The van der Waals surface area contributed by atoms with E-state index in [1.165, 1.54) is 19.3 Å². The highest BCUT2D eigenvalue weighted by atomic mass is 35.5. The van der Waals surface area contributed by atoms with E-state index in [2.05, 4.69) is 15.4 Å². The number of fused-ring (bicyclic) bond motifs is 1. The van der Waals surface area contributed by atoms with Gasteiger partial charge in [0.15, 0.2) is 0 Å². The predicted octanol–water partition coefficient (Wildman–Crippen LogP) is 5.16. The quantitative estimate of drug-likeness (QED) is 0.346. The van der Waals surface area contributed by atoms with Gasteiger partial charge in [-0.2, -0.15) is 5.10 Å². The van der Waals surface area contributed by atoms with Gasteiger partial charge in [-0.25, -0.2) is 9.78 Å². The number of hydrogen-bond donors (Lipinski definition) is 1. The second kappa shape index (κ2) is 9.91. The standard InChI is InChI=1S/C25H29ClN4O3/c1-15(2)33-25(32)18-9-6-8-17-19(20-14-28-30(3)23(20)26)13-21(29-22(17)18)24(31)27-12-5-4-7-16-10-11-16/h6,8-9,13-16H,4-5,7,10-12H2,1-3H3,(H,27,31). The molecule has 0 spiro atoms. The minimum Gasteiger partial charge on any atom is -0.459 e. The molecule has 3 aromatic rings. The maximum atomic E-state index is 13.0. The topological polar surface area (TPSA) is 86.1 Å². The van der Waals surface area contributed by atoms with Gasteiger partial charge in [-0.3, -0.25) is 9.48 Å². The summed E-state index contributed by atoms with van der Waals surface area (Å²) in [5.41, 5.74) is 2.29. The number of aromatic nitrogens is 3. The maximum Gasteiger partial charge on any atom is 0.340 e. The Labute approximate surface area is 198 Å². The lowest BCUT2D eigenvalue weighted by atomic mass is 10.00. The molecule has 1 amide bonds. The van der Waals surface area contributed by atoms with Crippen LogP contribution in [-0.2, 0) is 11.8 Å². The molecule has 7 nitrogen and oxygen atoms in total. The molecule has 2 heterocycles. The van der Waals surface area contributed by atoms with Crippen molar-refractivity contribution in [3.63, 3.8) is 0 Å². The number of rotatable bonds is 9. The summed E-state index contributed by atoms with van der Waals surface area (Å²) in [4.78, 5) is 30.3. The Morgan fingerprint density at radius 2 is 2.03 bits per heavy atom. The van der Waals surface area contributed by atoms with Crippen LogP contribution in [0.1, 0.15) is 66.8 Å². The van der Waals surface area contributed by atoms with Crippen LogP contribution in [0.25, 0.3) is 22.0 Å². The first kappa shape index (κ1) is 23.2. The highest BCUT2D eigenvalue weighted by molar-refractivity contribution is 6.32. The highest BCUT2D eigenvalue weighted by Crippen LogP contribution is 2.35. The first-order valence-electron chi connectivity index (χ1n) is 11.5. The average molecular weight is 469 g/mol. The Hall–Kier alpha value is -2.93. The molecule has 33 heavy (non-hydrogen) atoms. The number of carbonyl (C=O) groups excluding carboxylic acids is 2. The Morgan fingerprint density at radius 3 is 2.70 bits per heavy atom. The first-order chi connectivity index (χ1) is 15.8. The van der Waals surface area contributed by atoms with Crippen molar-refractivity contribution in [1.82, 2.24) is 20.1 Å². The van der Waals surface area contributed by atoms with Crippen molar-refractivity contribution >= 4 is 34.4 Å². The van der Waals surface area contributed by atoms with Gasteiger partial charge in [0.2, 0.25) is 0 Å². The molecule has 0 atom stereocenters. The summed E-state index contributed by atoms with van der Waals surface area (Å²) < 4.78 is 6.97. The smallest absolute Gasteiger partial charge is 0.340 e. The first-order valence-corrected chi connectivity index (χ1v) is 11.8. The van der Waals surface area contributed by atoms with E-state index in [9.17, 15) is 9.59 Å². The maximum absolute atomic E-state index is 13.0. The summed E-state index contributed by atoms with van der Waals surface area (Å²) in [6, 6.07) is 7.00. The minimum atomic E-state index is -0.482. The van der Waals surface area contributed by atoms with Gasteiger partial charge in [0.25, 0.3) is 5.91 Å². The van der Waals surface area contributed by atoms with Crippen molar-refractivity contribution in [3.8, 4) is 11.1 Å². The van der Waals surface area contributed by atoms with E-state index in [1.807, 2.05) is 6.07 Å². The Morgan fingerprint density at radius 1 is 1.24 bits per heavy atom. The van der Waals surface area contributed by atoms with Gasteiger partial charge < -0.3 is 10.1 Å². The molecule has 0 unspecified atom stereocenters. The van der Waals surface area contributed by atoms with Gasteiger partial charge in [-0.15, -0.1) is 0 Å². The zero-order valence-electron chi connectivity index (χ0n) is 19.2. The molecule has 4 rings (SSSR count). The molecule has 0 bridgehead atoms. The fourth-order valence-corrected chi connectivity index (χ4v) is 4.08. The third-order valence-electron chi connectivity index (χ3n) is 5.81. The zero-order chi connectivity index (χ0) is 23.5. The number of carbonyl (C=O) groups is 2. The van der Waals surface area contributed by atoms with Crippen LogP contribution < -0.4 is 5.32 Å². The second-order valence-electron chi connectivity index (χ2n) is 8.88. The number of pyridine rings is 1. The number of nitrogens with zero attached hydrogens (tertiary/aromatic N) is 3. The number of hydrogen-bond acceptors (Lipinski definition) is 5. The molecular formula is C25H29ClN4O3. The van der Waals surface area contributed by atoms with E-state index in [0.717, 1.165) is 18.8 Å². The van der Waals surface area contributed by atoms with E-state index < -0.39 is 5.97 Å². The van der Waals surface area contributed by atoms with Gasteiger partial charge in [0, 0.05) is 24.5 Å². The molecule has 1 N–H and O–H groups in total. The van der Waals surface area contributed by atoms with Crippen molar-refractivity contribution in [3.05, 3.63) is 46.9 Å². The monoisotopic (exact) mass is 468 g/mol. The Kier molecular flexibility index (Phi) is 6.98. The van der Waals surface area contributed by atoms with Crippen LogP contribution in [-0.4, -0.2) is 39.3 Å². The molecule has 8 heteroatoms. The number of halogens is 1. The lowest BCUT2D eigenvalue weighted by Crippen LogP contribution is -2.25. The van der Waals surface area contributed by atoms with Crippen molar-refractivity contribution in [2.45, 2.75) is 52.1 Å². The van der Waals surface area contributed by atoms with E-state index in [1.54, 1.807) is 50.0 Å². The van der Waals surface area contributed by atoms with Crippen molar-refractivity contribution in [2.75, 3.05) is 6.54 Å². The van der Waals surface area contributed by atoms with Crippen molar-refractivity contribution in [2.24, 2.45) is 13.0 Å². The minimum absolute atomic E-state index is 0.226. The normalized spacial score (nSPS) is 13.5. The number of nitrogens with one attached hydrogen (secondary N) is 1. The van der Waals surface area contributed by atoms with Crippen LogP contribution in [0.15, 0.2) is 30.5 Å². The summed E-state index contributed by atoms with van der Waals surface area (Å²) in [7, 11) is 1.75. The average Bonchev–Trinajstić information content (AvgIpc) is 3.55. The van der Waals surface area contributed by atoms with E-state index >= 15 is 0 Å². The molecule has 0 radical (unpaired) electrons. The molecule has 1 saturated carbocycles. The summed E-state index contributed by atoms with van der Waals surface area (Å²) >= 11 is 6.48. The zero-order valence-corrected chi connectivity index (χ0v) is 20.0. The second-order valence-corrected chi connectivity index (χ2v) is 9.24. The number of benzene rings is 1. The van der Waals surface area contributed by atoms with Gasteiger partial charge in [-0.1, -0.05) is 49.4 Å². The SMILES string of the molecule is CC(C)OC(=O)c1cccc2c(-c3cnn(C)c3Cl)cc(C(=O)NCCCCC3CC3)nc12. The number of esters is 1. The van der Waals surface area contributed by atoms with Crippen LogP contribution in [0.2, 0.25) is 5.15 Å². The number of aryl methyl sites for hydroxylation is 1. The molecule has 174 valence electrons. The number of para-hydroxylation sites is 1. The fraction of sp³-hybridized carbons (Fsp3) is 0.440. The lowest BCUT2D eigenvalue weighted by Gasteiger charge is -2.13. The molecule has 1 aromatic carbocycles. The van der Waals surface area contributed by atoms with Crippen molar-refractivity contribution in [1.29, 1.82) is 0 Å². The molecule has 1 fully saturated rings. The Balaban J connectivity index is 1.70. The van der Waals surface area contributed by atoms with Crippen LogP contribution >= 0.6 is 11.6 Å². The van der Waals surface area contributed by atoms with Gasteiger partial charge in [0.05, 0.1) is 23.4 Å². The molecule has 0 aliphatic heterocycles. The molecule has 0 saturated heterocycles. The van der Waals surface area contributed by atoms with Crippen LogP contribution in [0, 0.1) is 5.92 Å². The largest absolute Gasteiger partial charge is 0.459 e. The summed E-state index contributed by atoms with van der Waals surface area (Å²) in [5, 5.41) is 8.33.